The number of aromatic nitrogens is 2. The van der Waals surface area contributed by atoms with Crippen molar-refractivity contribution in [2.24, 2.45) is 16.8 Å². The van der Waals surface area contributed by atoms with Crippen LogP contribution in [0.3, 0.4) is 0 Å². The third kappa shape index (κ3) is 5.33. The monoisotopic (exact) mass is 307 g/mol. The molecular weight excluding hydrogens is 278 g/mol. The number of nitrogens with zero attached hydrogens (tertiary/aromatic N) is 4. The van der Waals surface area contributed by atoms with Gasteiger partial charge in [-0.1, -0.05) is 6.92 Å². The summed E-state index contributed by atoms with van der Waals surface area (Å²) in [7, 11) is 2.11. The Kier molecular flexibility index (Phi) is 6.71. The predicted octanol–water partition coefficient (Wildman–Crippen LogP) is 1.45. The second-order valence-corrected chi connectivity index (χ2v) is 6.14. The molecule has 0 spiro atoms. The molecule has 6 heteroatoms. The van der Waals surface area contributed by atoms with Crippen molar-refractivity contribution in [3.8, 4) is 0 Å². The highest BCUT2D eigenvalue weighted by Crippen LogP contribution is 2.13. The molecule has 2 atom stereocenters. The Labute approximate surface area is 133 Å². The molecule has 2 unspecified atom stereocenters. The number of guanidine groups is 1. The third-order valence-corrected chi connectivity index (χ3v) is 3.86. The Morgan fingerprint density at radius 3 is 3.09 bits per heavy atom. The van der Waals surface area contributed by atoms with E-state index in [0.717, 1.165) is 51.8 Å². The van der Waals surface area contributed by atoms with E-state index in [0.29, 0.717) is 11.8 Å². The maximum atomic E-state index is 5.46. The summed E-state index contributed by atoms with van der Waals surface area (Å²) in [6.07, 6.45) is 4.97. The van der Waals surface area contributed by atoms with Gasteiger partial charge in [-0.3, -0.25) is 9.67 Å². The first-order valence-corrected chi connectivity index (χ1v) is 8.23. The molecule has 1 aliphatic heterocycles. The smallest absolute Gasteiger partial charge is 0.193 e. The van der Waals surface area contributed by atoms with Gasteiger partial charge in [0.25, 0.3) is 0 Å². The SMILES string of the molecule is CCNC(=NCC(C)Cn1cccn1)N(C)CC1CCOC1. The summed E-state index contributed by atoms with van der Waals surface area (Å²) in [5.41, 5.74) is 0. The first-order valence-electron chi connectivity index (χ1n) is 8.23. The number of aliphatic imine (C=N–C) groups is 1. The lowest BCUT2D eigenvalue weighted by molar-refractivity contribution is 0.181. The molecule has 2 heterocycles. The summed E-state index contributed by atoms with van der Waals surface area (Å²) in [5.74, 6) is 2.06. The van der Waals surface area contributed by atoms with Crippen LogP contribution in [-0.4, -0.2) is 60.5 Å². The fourth-order valence-electron chi connectivity index (χ4n) is 2.70. The molecule has 0 saturated carbocycles. The van der Waals surface area contributed by atoms with Gasteiger partial charge in [0, 0.05) is 58.1 Å². The average molecular weight is 307 g/mol. The van der Waals surface area contributed by atoms with Crippen molar-refractivity contribution in [1.29, 1.82) is 0 Å². The molecule has 1 fully saturated rings. The Hall–Kier alpha value is -1.56. The molecule has 1 saturated heterocycles. The van der Waals surface area contributed by atoms with Gasteiger partial charge in [-0.25, -0.2) is 0 Å². The van der Waals surface area contributed by atoms with Gasteiger partial charge in [0.2, 0.25) is 0 Å². The molecule has 0 radical (unpaired) electrons. The molecule has 6 nitrogen and oxygen atoms in total. The van der Waals surface area contributed by atoms with E-state index >= 15 is 0 Å². The second-order valence-electron chi connectivity index (χ2n) is 6.14. The molecule has 0 amide bonds. The van der Waals surface area contributed by atoms with Crippen LogP contribution in [0.15, 0.2) is 23.5 Å². The van der Waals surface area contributed by atoms with E-state index < -0.39 is 0 Å². The number of hydrogen-bond acceptors (Lipinski definition) is 3. The van der Waals surface area contributed by atoms with E-state index in [-0.39, 0.29) is 0 Å². The molecule has 1 N–H and O–H groups in total. The lowest BCUT2D eigenvalue weighted by Crippen LogP contribution is -2.41. The van der Waals surface area contributed by atoms with E-state index in [2.05, 4.69) is 36.2 Å². The summed E-state index contributed by atoms with van der Waals surface area (Å²) < 4.78 is 7.42. The lowest BCUT2D eigenvalue weighted by atomic mass is 10.1. The van der Waals surface area contributed by atoms with Crippen LogP contribution >= 0.6 is 0 Å². The zero-order valence-corrected chi connectivity index (χ0v) is 14.0. The van der Waals surface area contributed by atoms with Crippen LogP contribution in [0.2, 0.25) is 0 Å². The number of rotatable bonds is 7. The summed E-state index contributed by atoms with van der Waals surface area (Å²) in [6.45, 7) is 9.67. The van der Waals surface area contributed by atoms with Gasteiger partial charge in [-0.2, -0.15) is 5.10 Å². The van der Waals surface area contributed by atoms with Gasteiger partial charge in [0.05, 0.1) is 6.61 Å². The minimum Gasteiger partial charge on any atom is -0.381 e. The first kappa shape index (κ1) is 16.8. The van der Waals surface area contributed by atoms with Crippen LogP contribution in [-0.2, 0) is 11.3 Å². The molecular formula is C16H29N5O. The summed E-state index contributed by atoms with van der Waals surface area (Å²) in [6, 6.07) is 1.96. The highest BCUT2D eigenvalue weighted by Gasteiger charge is 2.19. The molecule has 1 aromatic heterocycles. The fourth-order valence-corrected chi connectivity index (χ4v) is 2.70. The highest BCUT2D eigenvalue weighted by molar-refractivity contribution is 5.79. The van der Waals surface area contributed by atoms with Crippen LogP contribution in [0.1, 0.15) is 20.3 Å². The normalized spacial score (nSPS) is 20.1. The Morgan fingerprint density at radius 2 is 2.45 bits per heavy atom. The topological polar surface area (TPSA) is 54.7 Å². The summed E-state index contributed by atoms with van der Waals surface area (Å²) in [5, 5.41) is 7.63. The van der Waals surface area contributed by atoms with Crippen LogP contribution in [0, 0.1) is 11.8 Å². The predicted molar refractivity (Wildman–Crippen MR) is 88.9 cm³/mol. The largest absolute Gasteiger partial charge is 0.381 e. The van der Waals surface area contributed by atoms with Crippen molar-refractivity contribution in [2.45, 2.75) is 26.8 Å². The Balaban J connectivity index is 1.84. The first-order chi connectivity index (χ1) is 10.7. The summed E-state index contributed by atoms with van der Waals surface area (Å²) >= 11 is 0. The van der Waals surface area contributed by atoms with E-state index in [9.17, 15) is 0 Å². The van der Waals surface area contributed by atoms with E-state index in [1.807, 2.05) is 23.1 Å². The average Bonchev–Trinajstić information content (AvgIpc) is 3.17. The second kappa shape index (κ2) is 8.78. The zero-order chi connectivity index (χ0) is 15.8. The molecule has 0 aromatic carbocycles. The van der Waals surface area contributed by atoms with Crippen molar-refractivity contribution in [1.82, 2.24) is 20.0 Å². The number of ether oxygens (including phenoxy) is 1. The molecule has 2 rings (SSSR count). The molecule has 1 aliphatic rings. The van der Waals surface area contributed by atoms with Crippen molar-refractivity contribution >= 4 is 5.96 Å². The van der Waals surface area contributed by atoms with Crippen molar-refractivity contribution in [3.05, 3.63) is 18.5 Å². The van der Waals surface area contributed by atoms with Gasteiger partial charge in [-0.15, -0.1) is 0 Å². The van der Waals surface area contributed by atoms with E-state index in [1.165, 1.54) is 0 Å². The van der Waals surface area contributed by atoms with E-state index in [4.69, 9.17) is 9.73 Å². The Bertz CT molecular complexity index is 439. The maximum Gasteiger partial charge on any atom is 0.193 e. The van der Waals surface area contributed by atoms with Gasteiger partial charge in [-0.05, 0) is 25.3 Å². The van der Waals surface area contributed by atoms with Gasteiger partial charge in [0.1, 0.15) is 0 Å². The molecule has 0 bridgehead atoms. The van der Waals surface area contributed by atoms with Gasteiger partial charge >= 0.3 is 0 Å². The van der Waals surface area contributed by atoms with Crippen LogP contribution < -0.4 is 5.32 Å². The number of nitrogens with one attached hydrogen (secondary N) is 1. The molecule has 124 valence electrons. The molecule has 0 aliphatic carbocycles. The van der Waals surface area contributed by atoms with Gasteiger partial charge in [0.15, 0.2) is 5.96 Å². The van der Waals surface area contributed by atoms with Crippen molar-refractivity contribution < 1.29 is 4.74 Å². The number of hydrogen-bond donors (Lipinski definition) is 1. The third-order valence-electron chi connectivity index (χ3n) is 3.86. The van der Waals surface area contributed by atoms with Crippen molar-refractivity contribution in [2.75, 3.05) is 39.9 Å². The zero-order valence-electron chi connectivity index (χ0n) is 14.0. The minimum absolute atomic E-state index is 0.455. The quantitative estimate of drug-likeness (QED) is 0.612. The maximum absolute atomic E-state index is 5.46. The highest BCUT2D eigenvalue weighted by atomic mass is 16.5. The summed E-state index contributed by atoms with van der Waals surface area (Å²) in [4.78, 5) is 7.01. The van der Waals surface area contributed by atoms with Gasteiger partial charge < -0.3 is 15.0 Å². The van der Waals surface area contributed by atoms with Crippen LogP contribution in [0.4, 0.5) is 0 Å². The standard InChI is InChI=1S/C16H29N5O/c1-4-17-16(20(3)12-15-6-9-22-13-15)18-10-14(2)11-21-8-5-7-19-21/h5,7-8,14-15H,4,6,9-13H2,1-3H3,(H,17,18). The fraction of sp³-hybridized carbons (Fsp3) is 0.750. The van der Waals surface area contributed by atoms with Crippen molar-refractivity contribution in [3.63, 3.8) is 0 Å². The van der Waals surface area contributed by atoms with Crippen LogP contribution in [0.5, 0.6) is 0 Å². The lowest BCUT2D eigenvalue weighted by Gasteiger charge is -2.25. The van der Waals surface area contributed by atoms with E-state index in [1.54, 1.807) is 0 Å². The minimum atomic E-state index is 0.455. The Morgan fingerprint density at radius 1 is 1.59 bits per heavy atom. The van der Waals surface area contributed by atoms with Crippen LogP contribution in [0.25, 0.3) is 0 Å². The molecule has 22 heavy (non-hydrogen) atoms. The molecule has 1 aromatic rings.